The van der Waals surface area contributed by atoms with E-state index in [1.165, 1.54) is 6.33 Å². The molecule has 1 amide bonds. The molecule has 1 aliphatic rings. The monoisotopic (exact) mass is 507 g/mol. The van der Waals surface area contributed by atoms with Crippen molar-refractivity contribution in [2.75, 3.05) is 38.7 Å². The third kappa shape index (κ3) is 4.45. The number of ether oxygens (including phenoxy) is 2. The first kappa shape index (κ1) is 24.0. The Morgan fingerprint density at radius 2 is 2.03 bits per heavy atom. The van der Waals surface area contributed by atoms with E-state index in [1.54, 1.807) is 30.7 Å². The van der Waals surface area contributed by atoms with Crippen LogP contribution in [-0.2, 0) is 4.74 Å². The second-order valence-electron chi connectivity index (χ2n) is 8.54. The molecule has 1 aromatic carbocycles. The fourth-order valence-corrected chi connectivity index (χ4v) is 4.64. The molecule has 0 radical (unpaired) electrons. The summed E-state index contributed by atoms with van der Waals surface area (Å²) in [6, 6.07) is 3.49. The maximum atomic E-state index is 13.1. The predicted molar refractivity (Wildman–Crippen MR) is 136 cm³/mol. The average molecular weight is 508 g/mol. The molecule has 36 heavy (non-hydrogen) atoms. The van der Waals surface area contributed by atoms with Gasteiger partial charge in [-0.1, -0.05) is 11.6 Å². The molecule has 11 heteroatoms. The van der Waals surface area contributed by atoms with Gasteiger partial charge in [0.2, 0.25) is 0 Å². The molecule has 1 unspecified atom stereocenters. The minimum absolute atomic E-state index is 0.0756. The number of morpholine rings is 1. The number of methoxy groups -OCH3 is 1. The number of pyridine rings is 1. The topological polar surface area (TPSA) is 118 Å². The quantitative estimate of drug-likeness (QED) is 0.401. The zero-order valence-electron chi connectivity index (χ0n) is 20.2. The summed E-state index contributed by atoms with van der Waals surface area (Å²) in [5, 5.41) is 3.98. The van der Waals surface area contributed by atoms with Crippen LogP contribution in [0.15, 0.2) is 37.2 Å². The number of hydrogen-bond acceptors (Lipinski definition) is 8. The Balaban J connectivity index is 1.54. The highest BCUT2D eigenvalue weighted by molar-refractivity contribution is 6.32. The van der Waals surface area contributed by atoms with Gasteiger partial charge in [-0.3, -0.25) is 9.78 Å². The van der Waals surface area contributed by atoms with E-state index >= 15 is 0 Å². The predicted octanol–water partition coefficient (Wildman–Crippen LogP) is 4.03. The number of rotatable bonds is 6. The first-order valence-corrected chi connectivity index (χ1v) is 12.0. The smallest absolute Gasteiger partial charge is 0.255 e. The number of nitrogens with one attached hydrogen (secondary N) is 2. The Bertz CT molecular complexity index is 1420. The number of anilines is 1. The Kier molecular flexibility index (Phi) is 6.71. The van der Waals surface area contributed by atoms with Crippen molar-refractivity contribution in [3.63, 3.8) is 0 Å². The highest BCUT2D eigenvalue weighted by Gasteiger charge is 2.24. The van der Waals surface area contributed by atoms with Crippen LogP contribution in [0.25, 0.3) is 22.3 Å². The second-order valence-corrected chi connectivity index (χ2v) is 8.94. The van der Waals surface area contributed by atoms with E-state index < -0.39 is 0 Å². The molecule has 0 bridgehead atoms. The van der Waals surface area contributed by atoms with E-state index in [0.29, 0.717) is 59.6 Å². The lowest BCUT2D eigenvalue weighted by Crippen LogP contribution is -2.40. The number of hydrogen-bond donors (Lipinski definition) is 2. The average Bonchev–Trinajstić information content (AvgIpc) is 3.40. The van der Waals surface area contributed by atoms with E-state index in [4.69, 9.17) is 21.1 Å². The molecule has 0 spiro atoms. The van der Waals surface area contributed by atoms with E-state index in [2.05, 4.69) is 30.2 Å². The number of carbonyl (C=O) groups is 1. The lowest BCUT2D eigenvalue weighted by atomic mass is 9.94. The van der Waals surface area contributed by atoms with Crippen LogP contribution in [-0.4, -0.2) is 69.1 Å². The molecule has 0 aliphatic carbocycles. The summed E-state index contributed by atoms with van der Waals surface area (Å²) in [5.41, 5.74) is 4.98. The van der Waals surface area contributed by atoms with Gasteiger partial charge in [-0.15, -0.1) is 0 Å². The number of fused-ring (bicyclic) bond motifs is 1. The number of nitrogens with zero attached hydrogens (tertiary/aromatic N) is 5. The first-order valence-electron chi connectivity index (χ1n) is 11.6. The number of benzene rings is 1. The van der Waals surface area contributed by atoms with Crippen molar-refractivity contribution < 1.29 is 14.3 Å². The van der Waals surface area contributed by atoms with Gasteiger partial charge in [0.05, 0.1) is 38.3 Å². The maximum Gasteiger partial charge on any atom is 0.255 e. The van der Waals surface area contributed by atoms with Crippen LogP contribution >= 0.6 is 11.6 Å². The number of aromatic nitrogens is 5. The van der Waals surface area contributed by atoms with Crippen molar-refractivity contribution in [1.82, 2.24) is 29.8 Å². The first-order chi connectivity index (χ1) is 17.5. The highest BCUT2D eigenvalue weighted by Crippen LogP contribution is 2.43. The summed E-state index contributed by atoms with van der Waals surface area (Å²) in [6.45, 7) is 6.10. The van der Waals surface area contributed by atoms with Gasteiger partial charge in [-0.2, -0.15) is 0 Å². The molecule has 2 N–H and O–H groups in total. The lowest BCUT2D eigenvalue weighted by molar-refractivity contribution is 0.0302. The van der Waals surface area contributed by atoms with Crippen LogP contribution in [0.5, 0.6) is 5.75 Å². The Morgan fingerprint density at radius 3 is 2.81 bits per heavy atom. The van der Waals surface area contributed by atoms with Gasteiger partial charge < -0.3 is 24.7 Å². The molecule has 1 fully saturated rings. The van der Waals surface area contributed by atoms with Crippen LogP contribution in [0.1, 0.15) is 34.5 Å². The number of aromatic amines is 1. The third-order valence-corrected chi connectivity index (χ3v) is 6.71. The van der Waals surface area contributed by atoms with Crippen molar-refractivity contribution in [2.45, 2.75) is 19.9 Å². The van der Waals surface area contributed by atoms with Gasteiger partial charge >= 0.3 is 0 Å². The Labute approximate surface area is 213 Å². The van der Waals surface area contributed by atoms with Crippen molar-refractivity contribution in [1.29, 1.82) is 0 Å². The number of amides is 1. The third-order valence-electron chi connectivity index (χ3n) is 6.32. The van der Waals surface area contributed by atoms with Crippen LogP contribution < -0.4 is 10.1 Å². The molecule has 186 valence electrons. The zero-order valence-corrected chi connectivity index (χ0v) is 21.0. The second kappa shape index (κ2) is 10.1. The molecule has 1 aliphatic heterocycles. The van der Waals surface area contributed by atoms with Crippen molar-refractivity contribution >= 4 is 34.5 Å². The molecular formula is C25H26ClN7O3. The number of halogens is 1. The summed E-state index contributed by atoms with van der Waals surface area (Å²) in [6.07, 6.45) is 6.36. The van der Waals surface area contributed by atoms with Crippen LogP contribution in [0.2, 0.25) is 5.02 Å². The summed E-state index contributed by atoms with van der Waals surface area (Å²) in [5.74, 6) is 1.16. The number of H-pyrrole nitrogens is 1. The van der Waals surface area contributed by atoms with Gasteiger partial charge in [0.25, 0.3) is 5.91 Å². The lowest BCUT2D eigenvalue weighted by Gasteiger charge is -2.27. The summed E-state index contributed by atoms with van der Waals surface area (Å²) < 4.78 is 11.3. The van der Waals surface area contributed by atoms with Gasteiger partial charge in [-0.25, -0.2) is 15.0 Å². The molecular weight excluding hydrogens is 482 g/mol. The molecule has 4 aromatic rings. The van der Waals surface area contributed by atoms with Gasteiger partial charge in [0.15, 0.2) is 11.5 Å². The molecule has 5 rings (SSSR count). The van der Waals surface area contributed by atoms with Crippen LogP contribution in [0.4, 0.5) is 5.82 Å². The van der Waals surface area contributed by atoms with Gasteiger partial charge in [0.1, 0.15) is 17.6 Å². The Hall–Kier alpha value is -3.76. The summed E-state index contributed by atoms with van der Waals surface area (Å²) >= 11 is 6.71. The fourth-order valence-electron chi connectivity index (χ4n) is 4.43. The maximum absolute atomic E-state index is 13.1. The van der Waals surface area contributed by atoms with Gasteiger partial charge in [-0.05, 0) is 31.5 Å². The summed E-state index contributed by atoms with van der Waals surface area (Å²) in [7, 11) is 1.62. The molecule has 4 heterocycles. The van der Waals surface area contributed by atoms with Crippen molar-refractivity contribution in [2.24, 2.45) is 0 Å². The van der Waals surface area contributed by atoms with Gasteiger partial charge in [0, 0.05) is 47.2 Å². The molecule has 1 saturated heterocycles. The minimum atomic E-state index is -0.238. The molecule has 0 saturated carbocycles. The number of imidazole rings is 1. The molecule has 1 atom stereocenters. The number of carbonyl (C=O) groups excluding carboxylic acids is 1. The molecule has 3 aromatic heterocycles. The zero-order chi connectivity index (χ0) is 25.2. The fraction of sp³-hybridized carbons (Fsp3) is 0.320. The van der Waals surface area contributed by atoms with E-state index in [1.807, 2.05) is 26.0 Å². The summed E-state index contributed by atoms with van der Waals surface area (Å²) in [4.78, 5) is 35.1. The van der Waals surface area contributed by atoms with E-state index in [0.717, 1.165) is 22.3 Å². The SMILES string of the molecule is COc1c(C(C)Nc2ncnc3[nH]cnc23)cc(Cl)c(C)c1-c1cncc(C(=O)N2CCOCC2)c1. The molecule has 10 nitrogen and oxygen atoms in total. The minimum Gasteiger partial charge on any atom is -0.496 e. The largest absolute Gasteiger partial charge is 0.496 e. The van der Waals surface area contributed by atoms with Crippen LogP contribution in [0, 0.1) is 6.92 Å². The Morgan fingerprint density at radius 1 is 1.22 bits per heavy atom. The standard InChI is InChI=1S/C25H26ClN7O3/c1-14-19(26)9-18(15(2)32-24-21-23(29-12-28-21)30-13-31-24)22(35-3)20(14)16-8-17(11-27-10-16)25(34)33-4-6-36-7-5-33/h8-13,15H,4-7H2,1-3H3,(H2,28,29,30,31,32). The highest BCUT2D eigenvalue weighted by atomic mass is 35.5. The van der Waals surface area contributed by atoms with Crippen molar-refractivity contribution in [3.05, 3.63) is 58.9 Å². The van der Waals surface area contributed by atoms with E-state index in [9.17, 15) is 4.79 Å². The van der Waals surface area contributed by atoms with Crippen molar-refractivity contribution in [3.8, 4) is 16.9 Å². The van der Waals surface area contributed by atoms with Crippen LogP contribution in [0.3, 0.4) is 0 Å². The normalized spacial score (nSPS) is 14.6. The van der Waals surface area contributed by atoms with E-state index in [-0.39, 0.29) is 11.9 Å².